The molecule has 1 N–H and O–H groups in total. The second-order valence-electron chi connectivity index (χ2n) is 3.75. The van der Waals surface area contributed by atoms with Gasteiger partial charge in [0, 0.05) is 23.5 Å². The van der Waals surface area contributed by atoms with Crippen LogP contribution in [0.15, 0.2) is 30.5 Å². The van der Waals surface area contributed by atoms with Crippen molar-refractivity contribution in [2.45, 2.75) is 13.5 Å². The lowest BCUT2D eigenvalue weighted by molar-refractivity contribution is 0.275. The third-order valence-corrected chi connectivity index (χ3v) is 2.39. The van der Waals surface area contributed by atoms with Gasteiger partial charge in [-0.15, -0.1) is 0 Å². The zero-order valence-corrected chi connectivity index (χ0v) is 9.65. The Morgan fingerprint density at radius 1 is 1.28 bits per heavy atom. The van der Waals surface area contributed by atoms with Gasteiger partial charge in [-0.05, 0) is 19.1 Å². The molecule has 94 valence electrons. The lowest BCUT2D eigenvalue weighted by Crippen LogP contribution is -1.97. The van der Waals surface area contributed by atoms with E-state index in [4.69, 9.17) is 9.84 Å². The van der Waals surface area contributed by atoms with E-state index in [2.05, 4.69) is 4.98 Å². The molecule has 1 aromatic heterocycles. The molecular weight excluding hydrogens is 240 g/mol. The van der Waals surface area contributed by atoms with Crippen molar-refractivity contribution in [1.29, 1.82) is 0 Å². The molecule has 0 aliphatic heterocycles. The third-order valence-electron chi connectivity index (χ3n) is 2.39. The highest BCUT2D eigenvalue weighted by Crippen LogP contribution is 2.28. The SMILES string of the molecule is Cc1cc(Oc2cccc(F)c2F)c(CO)cn1. The summed E-state index contributed by atoms with van der Waals surface area (Å²) in [5.74, 6) is -2.01. The molecule has 0 bridgehead atoms. The second kappa shape index (κ2) is 5.10. The lowest BCUT2D eigenvalue weighted by Gasteiger charge is -2.10. The molecule has 5 heteroatoms. The maximum absolute atomic E-state index is 13.4. The number of aromatic nitrogens is 1. The van der Waals surface area contributed by atoms with Crippen LogP contribution in [0.2, 0.25) is 0 Å². The van der Waals surface area contributed by atoms with E-state index in [0.717, 1.165) is 6.07 Å². The predicted molar refractivity (Wildman–Crippen MR) is 61.3 cm³/mol. The van der Waals surface area contributed by atoms with Crippen LogP contribution in [0.4, 0.5) is 8.78 Å². The Labute approximate surface area is 103 Å². The Morgan fingerprint density at radius 3 is 2.78 bits per heavy atom. The standard InChI is InChI=1S/C13H11F2NO2/c1-8-5-12(9(7-17)6-16-8)18-11-4-2-3-10(14)13(11)15/h2-6,17H,7H2,1H3. The Balaban J connectivity index is 2.39. The average molecular weight is 251 g/mol. The molecule has 2 aromatic rings. The zero-order valence-electron chi connectivity index (χ0n) is 9.65. The molecule has 1 heterocycles. The molecule has 0 radical (unpaired) electrons. The summed E-state index contributed by atoms with van der Waals surface area (Å²) in [6.07, 6.45) is 1.43. The van der Waals surface area contributed by atoms with E-state index >= 15 is 0 Å². The molecule has 0 amide bonds. The highest BCUT2D eigenvalue weighted by Gasteiger charge is 2.12. The smallest absolute Gasteiger partial charge is 0.201 e. The quantitative estimate of drug-likeness (QED) is 0.911. The van der Waals surface area contributed by atoms with Crippen LogP contribution in [0, 0.1) is 18.6 Å². The molecule has 0 fully saturated rings. The molecule has 18 heavy (non-hydrogen) atoms. The number of nitrogens with zero attached hydrogens (tertiary/aromatic N) is 1. The van der Waals surface area contributed by atoms with Crippen molar-refractivity contribution in [3.05, 3.63) is 53.4 Å². The Morgan fingerprint density at radius 2 is 2.06 bits per heavy atom. The van der Waals surface area contributed by atoms with Crippen LogP contribution >= 0.6 is 0 Å². The van der Waals surface area contributed by atoms with Gasteiger partial charge in [0.1, 0.15) is 5.75 Å². The summed E-state index contributed by atoms with van der Waals surface area (Å²) >= 11 is 0. The van der Waals surface area contributed by atoms with E-state index in [1.54, 1.807) is 13.0 Å². The van der Waals surface area contributed by atoms with E-state index < -0.39 is 11.6 Å². The number of aryl methyl sites for hydroxylation is 1. The number of hydrogen-bond acceptors (Lipinski definition) is 3. The molecular formula is C13H11F2NO2. The summed E-state index contributed by atoms with van der Waals surface area (Å²) in [6, 6.07) is 5.22. The Bertz CT molecular complexity index is 573. The highest BCUT2D eigenvalue weighted by atomic mass is 19.2. The predicted octanol–water partition coefficient (Wildman–Crippen LogP) is 2.95. The number of rotatable bonds is 3. The molecule has 3 nitrogen and oxygen atoms in total. The summed E-state index contributed by atoms with van der Waals surface area (Å²) in [5, 5.41) is 9.12. The minimum Gasteiger partial charge on any atom is -0.454 e. The second-order valence-corrected chi connectivity index (χ2v) is 3.75. The summed E-state index contributed by atoms with van der Waals surface area (Å²) in [6.45, 7) is 1.44. The van der Waals surface area contributed by atoms with Crippen molar-refractivity contribution >= 4 is 0 Å². The molecule has 0 atom stereocenters. The van der Waals surface area contributed by atoms with E-state index in [0.29, 0.717) is 11.3 Å². The van der Waals surface area contributed by atoms with Crippen molar-refractivity contribution in [3.8, 4) is 11.5 Å². The fourth-order valence-electron chi connectivity index (χ4n) is 1.46. The summed E-state index contributed by atoms with van der Waals surface area (Å²) in [4.78, 5) is 3.98. The van der Waals surface area contributed by atoms with Crippen molar-refractivity contribution in [2.75, 3.05) is 0 Å². The van der Waals surface area contributed by atoms with Gasteiger partial charge in [0.15, 0.2) is 11.6 Å². The maximum atomic E-state index is 13.4. The largest absolute Gasteiger partial charge is 0.454 e. The summed E-state index contributed by atoms with van der Waals surface area (Å²) in [5.41, 5.74) is 1.06. The van der Waals surface area contributed by atoms with Gasteiger partial charge in [-0.25, -0.2) is 4.39 Å². The first-order chi connectivity index (χ1) is 8.61. The van der Waals surface area contributed by atoms with Crippen molar-refractivity contribution < 1.29 is 18.6 Å². The number of pyridine rings is 1. The van der Waals surface area contributed by atoms with Crippen LogP contribution < -0.4 is 4.74 Å². The highest BCUT2D eigenvalue weighted by molar-refractivity contribution is 5.37. The van der Waals surface area contributed by atoms with Crippen molar-refractivity contribution in [2.24, 2.45) is 0 Å². The Kier molecular flexibility index (Phi) is 3.53. The summed E-state index contributed by atoms with van der Waals surface area (Å²) in [7, 11) is 0. The molecule has 0 aliphatic rings. The van der Waals surface area contributed by atoms with Crippen LogP contribution in [0.5, 0.6) is 11.5 Å². The van der Waals surface area contributed by atoms with E-state index in [1.165, 1.54) is 18.3 Å². The monoisotopic (exact) mass is 251 g/mol. The summed E-state index contributed by atoms with van der Waals surface area (Å²) < 4.78 is 31.8. The molecule has 0 saturated carbocycles. The van der Waals surface area contributed by atoms with Gasteiger partial charge in [0.25, 0.3) is 0 Å². The molecule has 0 saturated heterocycles. The fourth-order valence-corrected chi connectivity index (χ4v) is 1.46. The normalized spacial score (nSPS) is 10.4. The van der Waals surface area contributed by atoms with Crippen LogP contribution in [0.25, 0.3) is 0 Å². The zero-order chi connectivity index (χ0) is 13.1. The number of aliphatic hydroxyl groups excluding tert-OH is 1. The lowest BCUT2D eigenvalue weighted by atomic mass is 10.2. The van der Waals surface area contributed by atoms with Crippen molar-refractivity contribution in [1.82, 2.24) is 4.98 Å². The maximum Gasteiger partial charge on any atom is 0.201 e. The number of ether oxygens (including phenoxy) is 1. The van der Waals surface area contributed by atoms with Gasteiger partial charge < -0.3 is 9.84 Å². The van der Waals surface area contributed by atoms with Gasteiger partial charge in [-0.2, -0.15) is 4.39 Å². The van der Waals surface area contributed by atoms with Gasteiger partial charge in [-0.1, -0.05) is 6.07 Å². The Hall–Kier alpha value is -2.01. The van der Waals surface area contributed by atoms with Crippen LogP contribution in [0.1, 0.15) is 11.3 Å². The van der Waals surface area contributed by atoms with Crippen LogP contribution in [-0.2, 0) is 6.61 Å². The first-order valence-corrected chi connectivity index (χ1v) is 5.30. The number of benzene rings is 1. The first kappa shape index (κ1) is 12.4. The first-order valence-electron chi connectivity index (χ1n) is 5.30. The fraction of sp³-hybridized carbons (Fsp3) is 0.154. The van der Waals surface area contributed by atoms with Gasteiger partial charge >= 0.3 is 0 Å². The van der Waals surface area contributed by atoms with Gasteiger partial charge in [0.2, 0.25) is 5.82 Å². The van der Waals surface area contributed by atoms with Crippen molar-refractivity contribution in [3.63, 3.8) is 0 Å². The average Bonchev–Trinajstić information content (AvgIpc) is 2.35. The molecule has 0 aliphatic carbocycles. The minimum atomic E-state index is -1.06. The van der Waals surface area contributed by atoms with Crippen LogP contribution in [-0.4, -0.2) is 10.1 Å². The number of halogens is 2. The van der Waals surface area contributed by atoms with E-state index in [1.807, 2.05) is 0 Å². The van der Waals surface area contributed by atoms with Crippen LogP contribution in [0.3, 0.4) is 0 Å². The topological polar surface area (TPSA) is 42.4 Å². The molecule has 2 rings (SSSR count). The molecule has 1 aromatic carbocycles. The minimum absolute atomic E-state index is 0.227. The number of hydrogen-bond donors (Lipinski definition) is 1. The molecule has 0 spiro atoms. The number of aliphatic hydroxyl groups is 1. The van der Waals surface area contributed by atoms with E-state index in [9.17, 15) is 8.78 Å². The molecule has 0 unspecified atom stereocenters. The third kappa shape index (κ3) is 2.46. The van der Waals surface area contributed by atoms with E-state index in [-0.39, 0.29) is 18.1 Å². The van der Waals surface area contributed by atoms with Gasteiger partial charge in [0.05, 0.1) is 6.61 Å². The van der Waals surface area contributed by atoms with Gasteiger partial charge in [-0.3, -0.25) is 4.98 Å².